The summed E-state index contributed by atoms with van der Waals surface area (Å²) in [5, 5.41) is 11.5. The smallest absolute Gasteiger partial charge is 0.231 e. The summed E-state index contributed by atoms with van der Waals surface area (Å²) in [6, 6.07) is 9.95. The molecule has 6 nitrogen and oxygen atoms in total. The van der Waals surface area contributed by atoms with E-state index in [1.165, 1.54) is 0 Å². The second-order valence-electron chi connectivity index (χ2n) is 6.41. The normalized spacial score (nSPS) is 12.4. The fourth-order valence-corrected chi connectivity index (χ4v) is 3.55. The van der Waals surface area contributed by atoms with Gasteiger partial charge in [-0.25, -0.2) is 4.57 Å². The molecule has 1 N–H and O–H groups in total. The summed E-state index contributed by atoms with van der Waals surface area (Å²) in [5.74, 6) is 2.84. The first kappa shape index (κ1) is 17.4. The molecule has 1 aromatic heterocycles. The molecular weight excluding hydrogens is 346 g/mol. The third kappa shape index (κ3) is 2.92. The van der Waals surface area contributed by atoms with Gasteiger partial charge in [0.05, 0.1) is 25.2 Å². The average Bonchev–Trinajstić information content (AvgIpc) is 3.13. The van der Waals surface area contributed by atoms with Crippen LogP contribution in [0.15, 0.2) is 36.5 Å². The quantitative estimate of drug-likeness (QED) is 0.702. The second kappa shape index (κ2) is 6.96. The molecular formula is C21H22NO5+. The molecule has 2 heterocycles. The van der Waals surface area contributed by atoms with Gasteiger partial charge in [-0.15, -0.1) is 0 Å². The fraction of sp³-hybridized carbons (Fsp3) is 0.286. The van der Waals surface area contributed by atoms with Crippen LogP contribution in [0.25, 0.3) is 22.0 Å². The lowest BCUT2D eigenvalue weighted by atomic mass is 9.98. The van der Waals surface area contributed by atoms with Gasteiger partial charge in [0.25, 0.3) is 0 Å². The number of fused-ring (bicyclic) bond motifs is 2. The summed E-state index contributed by atoms with van der Waals surface area (Å²) in [4.78, 5) is 0. The fourth-order valence-electron chi connectivity index (χ4n) is 3.55. The van der Waals surface area contributed by atoms with Gasteiger partial charge < -0.3 is 24.1 Å². The predicted octanol–water partition coefficient (Wildman–Crippen LogP) is 2.61. The van der Waals surface area contributed by atoms with E-state index >= 15 is 0 Å². The highest BCUT2D eigenvalue weighted by atomic mass is 16.7. The van der Waals surface area contributed by atoms with Crippen LogP contribution in [0.2, 0.25) is 0 Å². The number of aryl methyl sites for hydroxylation is 1. The zero-order chi connectivity index (χ0) is 19.0. The number of methoxy groups -OCH3 is 2. The summed E-state index contributed by atoms with van der Waals surface area (Å²) >= 11 is 0. The van der Waals surface area contributed by atoms with E-state index < -0.39 is 0 Å². The van der Waals surface area contributed by atoms with Gasteiger partial charge in [-0.2, -0.15) is 0 Å². The second-order valence-corrected chi connectivity index (χ2v) is 6.41. The minimum Gasteiger partial charge on any atom is -0.493 e. The molecule has 0 bridgehead atoms. The van der Waals surface area contributed by atoms with Crippen molar-refractivity contribution in [2.24, 2.45) is 7.05 Å². The van der Waals surface area contributed by atoms with Crippen LogP contribution in [-0.2, 0) is 13.5 Å². The topological polar surface area (TPSA) is 61.0 Å². The van der Waals surface area contributed by atoms with Crippen molar-refractivity contribution < 1.29 is 28.6 Å². The molecule has 3 aromatic rings. The number of hydrogen-bond acceptors (Lipinski definition) is 5. The first-order valence-corrected chi connectivity index (χ1v) is 8.74. The average molecular weight is 368 g/mol. The Morgan fingerprint density at radius 2 is 1.85 bits per heavy atom. The summed E-state index contributed by atoms with van der Waals surface area (Å²) in [7, 11) is 5.26. The van der Waals surface area contributed by atoms with E-state index in [1.54, 1.807) is 14.2 Å². The molecule has 0 spiro atoms. The number of pyridine rings is 1. The van der Waals surface area contributed by atoms with Gasteiger partial charge in [0.15, 0.2) is 29.2 Å². The molecule has 0 atom stereocenters. The van der Waals surface area contributed by atoms with Crippen LogP contribution in [0, 0.1) is 0 Å². The molecule has 4 rings (SSSR count). The molecule has 0 fully saturated rings. The Labute approximate surface area is 157 Å². The number of ether oxygens (including phenoxy) is 4. The molecule has 0 unspecified atom stereocenters. The largest absolute Gasteiger partial charge is 0.493 e. The van der Waals surface area contributed by atoms with E-state index in [2.05, 4.69) is 6.07 Å². The maximum absolute atomic E-state index is 9.50. The molecule has 1 aliphatic heterocycles. The highest BCUT2D eigenvalue weighted by Gasteiger charge is 2.23. The maximum Gasteiger partial charge on any atom is 0.231 e. The molecule has 0 amide bonds. The van der Waals surface area contributed by atoms with Crippen molar-refractivity contribution in [3.8, 4) is 34.3 Å². The molecule has 0 saturated heterocycles. The molecule has 2 aromatic carbocycles. The van der Waals surface area contributed by atoms with Crippen LogP contribution >= 0.6 is 0 Å². The van der Waals surface area contributed by atoms with Crippen molar-refractivity contribution in [2.75, 3.05) is 27.6 Å². The van der Waals surface area contributed by atoms with E-state index in [9.17, 15) is 5.11 Å². The highest BCUT2D eigenvalue weighted by molar-refractivity contribution is 5.91. The lowest BCUT2D eigenvalue weighted by Crippen LogP contribution is -2.30. The van der Waals surface area contributed by atoms with Crippen molar-refractivity contribution in [1.82, 2.24) is 0 Å². The van der Waals surface area contributed by atoms with Crippen LogP contribution in [0.4, 0.5) is 0 Å². The number of aliphatic hydroxyl groups is 1. The minimum atomic E-state index is 0.0644. The zero-order valence-electron chi connectivity index (χ0n) is 15.6. The first-order chi connectivity index (χ1) is 13.2. The van der Waals surface area contributed by atoms with Crippen LogP contribution in [0.5, 0.6) is 23.0 Å². The van der Waals surface area contributed by atoms with E-state index in [4.69, 9.17) is 18.9 Å². The van der Waals surface area contributed by atoms with Crippen LogP contribution in [0.1, 0.15) is 5.56 Å². The van der Waals surface area contributed by atoms with Crippen LogP contribution in [0.3, 0.4) is 0 Å². The molecule has 6 heteroatoms. The van der Waals surface area contributed by atoms with E-state index in [0.29, 0.717) is 17.9 Å². The van der Waals surface area contributed by atoms with Gasteiger partial charge in [0.2, 0.25) is 12.5 Å². The van der Waals surface area contributed by atoms with Gasteiger partial charge >= 0.3 is 0 Å². The Hall–Kier alpha value is -2.99. The molecule has 0 saturated carbocycles. The van der Waals surface area contributed by atoms with Gasteiger partial charge in [-0.1, -0.05) is 0 Å². The SMILES string of the molecule is COc1ccc2cc(-c3cc4c(cc3CCO)OCO4)[n+](C)cc2c1OC. The van der Waals surface area contributed by atoms with Crippen LogP contribution < -0.4 is 23.5 Å². The molecule has 27 heavy (non-hydrogen) atoms. The minimum absolute atomic E-state index is 0.0644. The van der Waals surface area contributed by atoms with Crippen molar-refractivity contribution in [1.29, 1.82) is 0 Å². The van der Waals surface area contributed by atoms with Crippen molar-refractivity contribution in [3.05, 3.63) is 42.1 Å². The first-order valence-electron chi connectivity index (χ1n) is 8.74. The van der Waals surface area contributed by atoms with Crippen molar-refractivity contribution in [3.63, 3.8) is 0 Å². The monoisotopic (exact) mass is 368 g/mol. The molecule has 0 radical (unpaired) electrons. The van der Waals surface area contributed by atoms with E-state index in [0.717, 1.165) is 39.1 Å². The number of nitrogens with zero attached hydrogens (tertiary/aromatic N) is 1. The van der Waals surface area contributed by atoms with Gasteiger partial charge in [-0.3, -0.25) is 0 Å². The Morgan fingerprint density at radius 1 is 1.07 bits per heavy atom. The number of hydrogen-bond donors (Lipinski definition) is 1. The van der Waals surface area contributed by atoms with E-state index in [-0.39, 0.29) is 13.4 Å². The number of aliphatic hydroxyl groups excluding tert-OH is 1. The maximum atomic E-state index is 9.50. The molecule has 0 aliphatic carbocycles. The van der Waals surface area contributed by atoms with Crippen molar-refractivity contribution >= 4 is 10.8 Å². The number of benzene rings is 2. The standard InChI is InChI=1S/C21H22NO5/c1-22-11-16-13(4-5-18(24-2)21(16)25-3)8-17(22)15-10-20-19(26-12-27-20)9-14(15)6-7-23/h4-5,8-11,23H,6-7,12H2,1-3H3/q+1. The van der Waals surface area contributed by atoms with Crippen molar-refractivity contribution in [2.45, 2.75) is 6.42 Å². The van der Waals surface area contributed by atoms with E-state index in [1.807, 2.05) is 42.1 Å². The summed E-state index contributed by atoms with van der Waals surface area (Å²) < 4.78 is 24.1. The lowest BCUT2D eigenvalue weighted by Gasteiger charge is -2.12. The Bertz CT molecular complexity index is 1020. The summed E-state index contributed by atoms with van der Waals surface area (Å²) in [5.41, 5.74) is 3.03. The molecule has 140 valence electrons. The summed E-state index contributed by atoms with van der Waals surface area (Å²) in [6.07, 6.45) is 2.56. The van der Waals surface area contributed by atoms with Gasteiger partial charge in [0.1, 0.15) is 7.05 Å². The Kier molecular flexibility index (Phi) is 4.49. The zero-order valence-corrected chi connectivity index (χ0v) is 15.6. The van der Waals surface area contributed by atoms with Gasteiger partial charge in [-0.05, 0) is 41.6 Å². The predicted molar refractivity (Wildman–Crippen MR) is 101 cm³/mol. The Morgan fingerprint density at radius 3 is 2.56 bits per heavy atom. The van der Waals surface area contributed by atoms with Crippen LogP contribution in [-0.4, -0.2) is 32.7 Å². The third-order valence-corrected chi connectivity index (χ3v) is 4.87. The number of aromatic nitrogens is 1. The third-order valence-electron chi connectivity index (χ3n) is 4.87. The van der Waals surface area contributed by atoms with Gasteiger partial charge in [0, 0.05) is 12.7 Å². The lowest BCUT2D eigenvalue weighted by molar-refractivity contribution is -0.659. The highest BCUT2D eigenvalue weighted by Crippen LogP contribution is 2.40. The summed E-state index contributed by atoms with van der Waals surface area (Å²) in [6.45, 7) is 0.285. The molecule has 1 aliphatic rings. The Balaban J connectivity index is 1.93. The number of rotatable bonds is 5.